The van der Waals surface area contributed by atoms with Gasteiger partial charge in [0.25, 0.3) is 0 Å². The predicted molar refractivity (Wildman–Crippen MR) is 97.8 cm³/mol. The van der Waals surface area contributed by atoms with E-state index in [1.807, 2.05) is 7.05 Å². The van der Waals surface area contributed by atoms with Crippen molar-refractivity contribution in [1.82, 2.24) is 4.90 Å². The summed E-state index contributed by atoms with van der Waals surface area (Å²) in [4.78, 5) is 15.5. The molecule has 6 heteroatoms. The van der Waals surface area contributed by atoms with Crippen LogP contribution in [0.1, 0.15) is 6.42 Å². The molecule has 132 valence electrons. The maximum Gasteiger partial charge on any atom is 0.411 e. The molecule has 25 heavy (non-hydrogen) atoms. The Morgan fingerprint density at radius 3 is 2.76 bits per heavy atom. The van der Waals surface area contributed by atoms with Crippen molar-refractivity contribution in [1.29, 1.82) is 0 Å². The van der Waals surface area contributed by atoms with E-state index in [1.165, 1.54) is 17.0 Å². The number of nitrogens with zero attached hydrogens (tertiary/aromatic N) is 2. The second-order valence-electron chi connectivity index (χ2n) is 6.49. The summed E-state index contributed by atoms with van der Waals surface area (Å²) in [6.07, 6.45) is -0.0432. The zero-order chi connectivity index (χ0) is 18.0. The summed E-state index contributed by atoms with van der Waals surface area (Å²) < 4.78 is 13.8. The lowest BCUT2D eigenvalue weighted by Gasteiger charge is -2.25. The van der Waals surface area contributed by atoms with E-state index in [9.17, 15) is 14.3 Å². The standard InChI is InChI=1S/C19H20ClFN2O2/c1-22-7-6-13(11-22)12-23(19(24)25)18-5-3-2-4-17(18)14-8-15(20)10-16(21)9-14/h2-5,8-10,13H,6-7,11-12H2,1H3,(H,24,25)/t13-/m0/s1. The summed E-state index contributed by atoms with van der Waals surface area (Å²) in [6.45, 7) is 2.26. The summed E-state index contributed by atoms with van der Waals surface area (Å²) in [6, 6.07) is 11.4. The molecule has 0 saturated carbocycles. The lowest BCUT2D eigenvalue weighted by Crippen LogP contribution is -2.35. The molecule has 0 aliphatic carbocycles. The molecule has 1 saturated heterocycles. The lowest BCUT2D eigenvalue weighted by atomic mass is 10.0. The SMILES string of the molecule is CN1CC[C@H](CN(C(=O)O)c2ccccc2-c2cc(F)cc(Cl)c2)C1. The molecule has 1 amide bonds. The molecule has 1 aliphatic heterocycles. The Kier molecular flexibility index (Phi) is 5.25. The number of hydrogen-bond donors (Lipinski definition) is 1. The van der Waals surface area contributed by atoms with Crippen LogP contribution in [0.4, 0.5) is 14.9 Å². The van der Waals surface area contributed by atoms with Crippen molar-refractivity contribution in [3.63, 3.8) is 0 Å². The van der Waals surface area contributed by atoms with Crippen molar-refractivity contribution in [3.8, 4) is 11.1 Å². The van der Waals surface area contributed by atoms with Crippen LogP contribution >= 0.6 is 11.6 Å². The number of likely N-dealkylation sites (tertiary alicyclic amines) is 1. The van der Waals surface area contributed by atoms with E-state index in [2.05, 4.69) is 4.90 Å². The van der Waals surface area contributed by atoms with Crippen LogP contribution in [0.2, 0.25) is 5.02 Å². The van der Waals surface area contributed by atoms with Crippen LogP contribution in [0.3, 0.4) is 0 Å². The van der Waals surface area contributed by atoms with Crippen LogP contribution < -0.4 is 4.90 Å². The highest BCUT2D eigenvalue weighted by molar-refractivity contribution is 6.30. The van der Waals surface area contributed by atoms with Gasteiger partial charge in [0.1, 0.15) is 5.82 Å². The van der Waals surface area contributed by atoms with Crippen molar-refractivity contribution in [2.24, 2.45) is 5.92 Å². The third-order valence-electron chi connectivity index (χ3n) is 4.53. The first-order valence-corrected chi connectivity index (χ1v) is 8.56. The summed E-state index contributed by atoms with van der Waals surface area (Å²) >= 11 is 5.97. The van der Waals surface area contributed by atoms with Crippen LogP contribution in [-0.4, -0.2) is 42.8 Å². The van der Waals surface area contributed by atoms with Crippen LogP contribution in [0, 0.1) is 11.7 Å². The van der Waals surface area contributed by atoms with Crippen molar-refractivity contribution in [2.45, 2.75) is 6.42 Å². The Morgan fingerprint density at radius 2 is 2.12 bits per heavy atom. The van der Waals surface area contributed by atoms with Gasteiger partial charge in [-0.1, -0.05) is 29.8 Å². The van der Waals surface area contributed by atoms with E-state index in [0.717, 1.165) is 19.5 Å². The minimum absolute atomic E-state index is 0.282. The predicted octanol–water partition coefficient (Wildman–Crippen LogP) is 4.58. The van der Waals surface area contributed by atoms with Gasteiger partial charge < -0.3 is 10.0 Å². The number of halogens is 2. The first-order valence-electron chi connectivity index (χ1n) is 8.18. The van der Waals surface area contributed by atoms with E-state index in [4.69, 9.17) is 11.6 Å². The summed E-state index contributed by atoms with van der Waals surface area (Å²) in [5, 5.41) is 10.0. The fourth-order valence-corrected chi connectivity index (χ4v) is 3.60. The Bertz CT molecular complexity index is 764. The molecule has 2 aromatic rings. The number of amides is 1. The number of carbonyl (C=O) groups is 1. The van der Waals surface area contributed by atoms with Gasteiger partial charge in [-0.25, -0.2) is 9.18 Å². The Morgan fingerprint density at radius 1 is 1.36 bits per heavy atom. The maximum absolute atomic E-state index is 13.8. The van der Waals surface area contributed by atoms with Gasteiger partial charge in [0.15, 0.2) is 0 Å². The van der Waals surface area contributed by atoms with E-state index in [1.54, 1.807) is 30.3 Å². The molecule has 2 aromatic carbocycles. The van der Waals surface area contributed by atoms with E-state index in [-0.39, 0.29) is 10.9 Å². The fourth-order valence-electron chi connectivity index (χ4n) is 3.38. The molecule has 0 aromatic heterocycles. The minimum Gasteiger partial charge on any atom is -0.465 e. The first-order chi connectivity index (χ1) is 11.9. The van der Waals surface area contributed by atoms with E-state index >= 15 is 0 Å². The molecular weight excluding hydrogens is 343 g/mol. The average molecular weight is 363 g/mol. The molecule has 4 nitrogen and oxygen atoms in total. The van der Waals surface area contributed by atoms with Crippen molar-refractivity contribution < 1.29 is 14.3 Å². The lowest BCUT2D eigenvalue weighted by molar-refractivity contribution is 0.200. The number of anilines is 1. The Hall–Kier alpha value is -2.11. The van der Waals surface area contributed by atoms with Crippen LogP contribution in [-0.2, 0) is 0 Å². The normalized spacial score (nSPS) is 17.6. The molecule has 0 unspecified atom stereocenters. The number of para-hydroxylation sites is 1. The van der Waals surface area contributed by atoms with E-state index in [0.29, 0.717) is 23.4 Å². The molecule has 1 atom stereocenters. The Balaban J connectivity index is 1.98. The average Bonchev–Trinajstić information content (AvgIpc) is 2.97. The fraction of sp³-hybridized carbons (Fsp3) is 0.316. The van der Waals surface area contributed by atoms with Crippen molar-refractivity contribution >= 4 is 23.4 Å². The number of carboxylic acid groups (broad SMARTS) is 1. The van der Waals surface area contributed by atoms with Gasteiger partial charge in [-0.2, -0.15) is 0 Å². The van der Waals surface area contributed by atoms with E-state index < -0.39 is 11.9 Å². The molecule has 3 rings (SSSR count). The molecule has 0 radical (unpaired) electrons. The molecule has 1 aliphatic rings. The van der Waals surface area contributed by atoms with Gasteiger partial charge in [-0.15, -0.1) is 0 Å². The van der Waals surface area contributed by atoms with Gasteiger partial charge in [0, 0.05) is 23.7 Å². The smallest absolute Gasteiger partial charge is 0.411 e. The third-order valence-corrected chi connectivity index (χ3v) is 4.75. The summed E-state index contributed by atoms with van der Waals surface area (Å²) in [5.74, 6) is -0.165. The molecule has 1 N–H and O–H groups in total. The zero-order valence-electron chi connectivity index (χ0n) is 14.0. The van der Waals surface area contributed by atoms with Gasteiger partial charge in [0.05, 0.1) is 5.69 Å². The zero-order valence-corrected chi connectivity index (χ0v) is 14.7. The molecule has 1 fully saturated rings. The number of benzene rings is 2. The maximum atomic E-state index is 13.8. The van der Waals surface area contributed by atoms with Crippen LogP contribution in [0.15, 0.2) is 42.5 Å². The highest BCUT2D eigenvalue weighted by Crippen LogP contribution is 2.34. The number of rotatable bonds is 4. The van der Waals surface area contributed by atoms with Crippen molar-refractivity contribution in [3.05, 3.63) is 53.3 Å². The molecule has 1 heterocycles. The summed E-state index contributed by atoms with van der Waals surface area (Å²) in [7, 11) is 2.04. The summed E-state index contributed by atoms with van der Waals surface area (Å²) in [5.41, 5.74) is 1.76. The van der Waals surface area contributed by atoms with Gasteiger partial charge in [-0.05, 0) is 55.8 Å². The van der Waals surface area contributed by atoms with Gasteiger partial charge >= 0.3 is 6.09 Å². The molecular formula is C19H20ClFN2O2. The second kappa shape index (κ2) is 7.42. The third kappa shape index (κ3) is 4.11. The van der Waals surface area contributed by atoms with Crippen LogP contribution in [0.5, 0.6) is 0 Å². The Labute approximate surface area is 151 Å². The molecule has 0 spiro atoms. The largest absolute Gasteiger partial charge is 0.465 e. The van der Waals surface area contributed by atoms with Gasteiger partial charge in [-0.3, -0.25) is 4.90 Å². The van der Waals surface area contributed by atoms with Gasteiger partial charge in [0.2, 0.25) is 0 Å². The number of hydrogen-bond acceptors (Lipinski definition) is 2. The minimum atomic E-state index is -1.01. The quantitative estimate of drug-likeness (QED) is 0.865. The van der Waals surface area contributed by atoms with Crippen LogP contribution in [0.25, 0.3) is 11.1 Å². The monoisotopic (exact) mass is 362 g/mol. The second-order valence-corrected chi connectivity index (χ2v) is 6.92. The highest BCUT2D eigenvalue weighted by Gasteiger charge is 2.26. The topological polar surface area (TPSA) is 43.8 Å². The van der Waals surface area contributed by atoms with Crippen molar-refractivity contribution in [2.75, 3.05) is 31.6 Å². The first kappa shape index (κ1) is 17.7. The molecule has 0 bridgehead atoms. The highest BCUT2D eigenvalue weighted by atomic mass is 35.5.